The molecule has 3 heteroatoms. The molecule has 0 fully saturated rings. The molecule has 0 bridgehead atoms. The molecule has 0 unspecified atom stereocenters. The van der Waals surface area contributed by atoms with Gasteiger partial charge >= 0.3 is 0 Å². The van der Waals surface area contributed by atoms with Crippen molar-refractivity contribution in [2.24, 2.45) is 5.41 Å². The van der Waals surface area contributed by atoms with Crippen LogP contribution < -0.4 is 5.32 Å². The Bertz CT molecular complexity index is 192. The van der Waals surface area contributed by atoms with Crippen LogP contribution in [-0.4, -0.2) is 18.2 Å². The van der Waals surface area contributed by atoms with Crippen molar-refractivity contribution in [3.05, 3.63) is 0 Å². The van der Waals surface area contributed by atoms with E-state index in [1.165, 1.54) is 0 Å². The molecule has 0 saturated carbocycles. The van der Waals surface area contributed by atoms with Crippen LogP contribution >= 0.6 is 0 Å². The normalized spacial score (nSPS) is 11.1. The van der Waals surface area contributed by atoms with Crippen molar-refractivity contribution in [1.82, 2.24) is 5.32 Å². The largest absolute Gasteiger partial charge is 0.356 e. The predicted octanol–water partition coefficient (Wildman–Crippen LogP) is 1.52. The lowest BCUT2D eigenvalue weighted by molar-refractivity contribution is -0.128. The first kappa shape index (κ1) is 12.1. The first-order valence-electron chi connectivity index (χ1n) is 4.62. The van der Waals surface area contributed by atoms with Gasteiger partial charge in [0.05, 0.1) is 0 Å². The molecule has 0 saturated heterocycles. The molecule has 1 amide bonds. The molecular formula is C10H19NO2. The number of hydrogen-bond donors (Lipinski definition) is 1. The summed E-state index contributed by atoms with van der Waals surface area (Å²) in [5.74, 6) is 0.209. The molecule has 3 nitrogen and oxygen atoms in total. The fraction of sp³-hybridized carbons (Fsp3) is 0.800. The van der Waals surface area contributed by atoms with Gasteiger partial charge in [0.1, 0.15) is 5.78 Å². The maximum absolute atomic E-state index is 11.3. The summed E-state index contributed by atoms with van der Waals surface area (Å²) in [5.41, 5.74) is -0.337. The van der Waals surface area contributed by atoms with Crippen LogP contribution in [0, 0.1) is 5.41 Å². The second-order valence-corrected chi connectivity index (χ2v) is 4.31. The first-order valence-corrected chi connectivity index (χ1v) is 4.62. The first-order chi connectivity index (χ1) is 5.84. The molecule has 0 aromatic rings. The second-order valence-electron chi connectivity index (χ2n) is 4.31. The Morgan fingerprint density at radius 2 is 1.77 bits per heavy atom. The van der Waals surface area contributed by atoms with E-state index in [0.717, 1.165) is 6.42 Å². The molecule has 0 rings (SSSR count). The van der Waals surface area contributed by atoms with E-state index in [-0.39, 0.29) is 17.1 Å². The Morgan fingerprint density at radius 1 is 1.23 bits per heavy atom. The third-order valence-electron chi connectivity index (χ3n) is 1.67. The van der Waals surface area contributed by atoms with E-state index in [0.29, 0.717) is 13.0 Å². The fourth-order valence-corrected chi connectivity index (χ4v) is 0.804. The molecule has 0 atom stereocenters. The number of nitrogens with one attached hydrogen (secondary N) is 1. The summed E-state index contributed by atoms with van der Waals surface area (Å²) in [6.45, 7) is 7.76. The Labute approximate surface area is 79.9 Å². The lowest BCUT2D eigenvalue weighted by Crippen LogP contribution is -2.35. The SMILES string of the molecule is CC(=O)CCCNC(=O)C(C)(C)C. The van der Waals surface area contributed by atoms with E-state index in [1.807, 2.05) is 20.8 Å². The monoisotopic (exact) mass is 185 g/mol. The predicted molar refractivity (Wildman–Crippen MR) is 52.4 cm³/mol. The number of hydrogen-bond acceptors (Lipinski definition) is 2. The van der Waals surface area contributed by atoms with Gasteiger partial charge in [0, 0.05) is 18.4 Å². The molecule has 1 N–H and O–H groups in total. The molecule has 0 aliphatic rings. The van der Waals surface area contributed by atoms with Crippen LogP contribution in [0.4, 0.5) is 0 Å². The van der Waals surface area contributed by atoms with Crippen LogP contribution in [0.5, 0.6) is 0 Å². The maximum atomic E-state index is 11.3. The number of Topliss-reactive ketones (excluding diaryl/α,β-unsaturated/α-hetero) is 1. The van der Waals surface area contributed by atoms with Crippen LogP contribution in [0.2, 0.25) is 0 Å². The van der Waals surface area contributed by atoms with Gasteiger partial charge in [-0.2, -0.15) is 0 Å². The summed E-state index contributed by atoms with van der Waals surface area (Å²) in [6, 6.07) is 0. The third kappa shape index (κ3) is 6.31. The highest BCUT2D eigenvalue weighted by Gasteiger charge is 2.19. The van der Waals surface area contributed by atoms with Crippen LogP contribution in [0.15, 0.2) is 0 Å². The summed E-state index contributed by atoms with van der Waals surface area (Å²) in [6.07, 6.45) is 1.28. The summed E-state index contributed by atoms with van der Waals surface area (Å²) >= 11 is 0. The minimum atomic E-state index is -0.337. The van der Waals surface area contributed by atoms with Crippen molar-refractivity contribution in [3.63, 3.8) is 0 Å². The van der Waals surface area contributed by atoms with Crippen LogP contribution in [0.1, 0.15) is 40.5 Å². The number of carbonyl (C=O) groups is 2. The van der Waals surface area contributed by atoms with Crippen molar-refractivity contribution >= 4 is 11.7 Å². The van der Waals surface area contributed by atoms with E-state index in [1.54, 1.807) is 6.92 Å². The minimum absolute atomic E-state index is 0.0380. The Morgan fingerprint density at radius 3 is 2.15 bits per heavy atom. The molecule has 76 valence electrons. The summed E-state index contributed by atoms with van der Waals surface area (Å²) in [5, 5.41) is 2.79. The van der Waals surface area contributed by atoms with Gasteiger partial charge in [-0.15, -0.1) is 0 Å². The molecule has 0 radical (unpaired) electrons. The maximum Gasteiger partial charge on any atom is 0.225 e. The molecule has 0 spiro atoms. The Hall–Kier alpha value is -0.860. The average Bonchev–Trinajstić information content (AvgIpc) is 1.95. The second kappa shape index (κ2) is 5.00. The molecule has 0 aliphatic heterocycles. The van der Waals surface area contributed by atoms with E-state index in [2.05, 4.69) is 5.32 Å². The Kier molecular flexibility index (Phi) is 4.67. The quantitative estimate of drug-likeness (QED) is 0.675. The average molecular weight is 185 g/mol. The molecule has 0 aromatic heterocycles. The minimum Gasteiger partial charge on any atom is -0.356 e. The number of rotatable bonds is 4. The number of amides is 1. The fourth-order valence-electron chi connectivity index (χ4n) is 0.804. The van der Waals surface area contributed by atoms with Crippen molar-refractivity contribution in [2.75, 3.05) is 6.54 Å². The van der Waals surface area contributed by atoms with E-state index in [9.17, 15) is 9.59 Å². The zero-order valence-corrected chi connectivity index (χ0v) is 8.94. The summed E-state index contributed by atoms with van der Waals surface area (Å²) < 4.78 is 0. The number of carbonyl (C=O) groups excluding carboxylic acids is 2. The molecule has 0 heterocycles. The highest BCUT2D eigenvalue weighted by molar-refractivity contribution is 5.81. The standard InChI is InChI=1S/C10H19NO2/c1-8(12)6-5-7-11-9(13)10(2,3)4/h5-7H2,1-4H3,(H,11,13). The highest BCUT2D eigenvalue weighted by atomic mass is 16.2. The number of ketones is 1. The van der Waals surface area contributed by atoms with Gasteiger partial charge < -0.3 is 10.1 Å². The Balaban J connectivity index is 3.55. The van der Waals surface area contributed by atoms with Crippen molar-refractivity contribution in [2.45, 2.75) is 40.5 Å². The summed E-state index contributed by atoms with van der Waals surface area (Å²) in [4.78, 5) is 21.9. The smallest absolute Gasteiger partial charge is 0.225 e. The van der Waals surface area contributed by atoms with Crippen molar-refractivity contribution < 1.29 is 9.59 Å². The lowest BCUT2D eigenvalue weighted by atomic mass is 9.96. The van der Waals surface area contributed by atoms with Gasteiger partial charge in [-0.1, -0.05) is 20.8 Å². The topological polar surface area (TPSA) is 46.2 Å². The molecule has 0 aliphatic carbocycles. The van der Waals surface area contributed by atoms with Gasteiger partial charge in [-0.3, -0.25) is 4.79 Å². The van der Waals surface area contributed by atoms with Crippen LogP contribution in [-0.2, 0) is 9.59 Å². The van der Waals surface area contributed by atoms with Crippen LogP contribution in [0.3, 0.4) is 0 Å². The zero-order valence-electron chi connectivity index (χ0n) is 8.94. The van der Waals surface area contributed by atoms with Crippen molar-refractivity contribution in [1.29, 1.82) is 0 Å². The third-order valence-corrected chi connectivity index (χ3v) is 1.67. The van der Waals surface area contributed by atoms with Crippen molar-refractivity contribution in [3.8, 4) is 0 Å². The van der Waals surface area contributed by atoms with Crippen LogP contribution in [0.25, 0.3) is 0 Å². The van der Waals surface area contributed by atoms with Gasteiger partial charge in [-0.25, -0.2) is 0 Å². The van der Waals surface area contributed by atoms with Gasteiger partial charge in [-0.05, 0) is 13.3 Å². The molecular weight excluding hydrogens is 166 g/mol. The van der Waals surface area contributed by atoms with E-state index < -0.39 is 0 Å². The molecule has 0 aromatic carbocycles. The van der Waals surface area contributed by atoms with Gasteiger partial charge in [0.2, 0.25) is 5.91 Å². The molecule has 13 heavy (non-hydrogen) atoms. The van der Waals surface area contributed by atoms with Gasteiger partial charge in [0.25, 0.3) is 0 Å². The zero-order chi connectivity index (χ0) is 10.5. The highest BCUT2D eigenvalue weighted by Crippen LogP contribution is 2.12. The van der Waals surface area contributed by atoms with Gasteiger partial charge in [0.15, 0.2) is 0 Å². The van der Waals surface area contributed by atoms with E-state index in [4.69, 9.17) is 0 Å². The summed E-state index contributed by atoms with van der Waals surface area (Å²) in [7, 11) is 0. The van der Waals surface area contributed by atoms with E-state index >= 15 is 0 Å². The lowest BCUT2D eigenvalue weighted by Gasteiger charge is -2.17.